The van der Waals surface area contributed by atoms with Gasteiger partial charge in [-0.05, 0) is 64.5 Å². The topological polar surface area (TPSA) is 105 Å². The molecule has 1 aliphatic rings. The number of hydrogen-bond acceptors (Lipinski definition) is 9. The molecule has 3 N–H and O–H groups in total. The molecule has 0 amide bonds. The molecule has 10 heteroatoms. The summed E-state index contributed by atoms with van der Waals surface area (Å²) in [6.07, 6.45) is 5.11. The smallest absolute Gasteiger partial charge is 0.213 e. The number of imidazole rings is 1. The van der Waals surface area contributed by atoms with Crippen LogP contribution in [0, 0.1) is 6.92 Å². The number of aliphatic hydroxyl groups is 2. The zero-order chi connectivity index (χ0) is 21.5. The molecule has 3 aromatic rings. The first-order chi connectivity index (χ1) is 14.3. The predicted molar refractivity (Wildman–Crippen MR) is 118 cm³/mol. The summed E-state index contributed by atoms with van der Waals surface area (Å²) >= 11 is 2.90. The van der Waals surface area contributed by atoms with Gasteiger partial charge in [0.2, 0.25) is 4.96 Å². The summed E-state index contributed by atoms with van der Waals surface area (Å²) in [7, 11) is 1.63. The minimum absolute atomic E-state index is 0.172. The molecular formula is C20H27N5O3S2. The zero-order valence-electron chi connectivity index (χ0n) is 17.5. The molecule has 0 atom stereocenters. The Balaban J connectivity index is 1.64. The summed E-state index contributed by atoms with van der Waals surface area (Å²) in [5.41, 5.74) is 1.36. The van der Waals surface area contributed by atoms with Crippen molar-refractivity contribution in [3.8, 4) is 17.1 Å². The molecule has 0 saturated heterocycles. The highest BCUT2D eigenvalue weighted by molar-refractivity contribution is 7.97. The Bertz CT molecular complexity index is 1040. The molecule has 0 unspecified atom stereocenters. The van der Waals surface area contributed by atoms with Crippen molar-refractivity contribution in [2.24, 2.45) is 0 Å². The standard InChI is InChI=1S/C20H27N5O3S2/c1-11-17(25-19(22-11)29-18(23-25)20(2,3)27)14-9-16(15(28-4)10-21-14)30-24-12-5-7-13(26)8-6-12/h9-10,12-13,24,26-27H,5-8H2,1-4H3/t12-,13+. The van der Waals surface area contributed by atoms with Crippen LogP contribution < -0.4 is 9.46 Å². The number of hydrogen-bond donors (Lipinski definition) is 3. The summed E-state index contributed by atoms with van der Waals surface area (Å²) in [5.74, 6) is 0.695. The number of nitrogens with one attached hydrogen (secondary N) is 1. The Kier molecular flexibility index (Phi) is 6.04. The van der Waals surface area contributed by atoms with E-state index in [1.54, 1.807) is 31.7 Å². The van der Waals surface area contributed by atoms with Gasteiger partial charge in [-0.3, -0.25) is 9.71 Å². The van der Waals surface area contributed by atoms with Gasteiger partial charge < -0.3 is 14.9 Å². The van der Waals surface area contributed by atoms with E-state index in [-0.39, 0.29) is 6.10 Å². The van der Waals surface area contributed by atoms with Crippen molar-refractivity contribution in [2.75, 3.05) is 7.11 Å². The molecule has 4 rings (SSSR count). The lowest BCUT2D eigenvalue weighted by Crippen LogP contribution is -2.30. The van der Waals surface area contributed by atoms with Gasteiger partial charge in [-0.15, -0.1) is 0 Å². The lowest BCUT2D eigenvalue weighted by Gasteiger charge is -2.25. The number of aliphatic hydroxyl groups excluding tert-OH is 1. The van der Waals surface area contributed by atoms with Gasteiger partial charge in [0.25, 0.3) is 0 Å². The SMILES string of the molecule is COc1cnc(-c2c(C)nc3sc(C(C)(C)O)nn23)cc1SN[C@H]1CC[C@@H](O)CC1. The fourth-order valence-corrected chi connectivity index (χ4v) is 5.40. The van der Waals surface area contributed by atoms with E-state index in [4.69, 9.17) is 4.74 Å². The van der Waals surface area contributed by atoms with E-state index in [9.17, 15) is 10.2 Å². The molecule has 1 fully saturated rings. The van der Waals surface area contributed by atoms with Gasteiger partial charge in [-0.25, -0.2) is 9.50 Å². The number of rotatable bonds is 6. The van der Waals surface area contributed by atoms with E-state index < -0.39 is 5.60 Å². The first-order valence-electron chi connectivity index (χ1n) is 10.00. The molecule has 30 heavy (non-hydrogen) atoms. The monoisotopic (exact) mass is 449 g/mol. The van der Waals surface area contributed by atoms with Crippen LogP contribution >= 0.6 is 23.3 Å². The second-order valence-corrected chi connectivity index (χ2v) is 9.99. The molecule has 0 radical (unpaired) electrons. The van der Waals surface area contributed by atoms with E-state index in [2.05, 4.69) is 19.8 Å². The van der Waals surface area contributed by atoms with Crippen molar-refractivity contribution in [3.63, 3.8) is 0 Å². The number of methoxy groups -OCH3 is 1. The number of fused-ring (bicyclic) bond motifs is 1. The minimum atomic E-state index is -1.03. The van der Waals surface area contributed by atoms with Crippen LogP contribution in [0.4, 0.5) is 0 Å². The molecule has 0 aliphatic heterocycles. The molecule has 0 aromatic carbocycles. The number of ether oxygens (including phenoxy) is 1. The van der Waals surface area contributed by atoms with E-state index in [1.165, 1.54) is 23.3 Å². The van der Waals surface area contributed by atoms with Crippen LogP contribution in [0.1, 0.15) is 50.2 Å². The average molecular weight is 450 g/mol. The van der Waals surface area contributed by atoms with Crippen molar-refractivity contribution in [3.05, 3.63) is 23.0 Å². The summed E-state index contributed by atoms with van der Waals surface area (Å²) in [4.78, 5) is 10.9. The number of aryl methyl sites for hydroxylation is 1. The van der Waals surface area contributed by atoms with E-state index in [0.717, 1.165) is 52.6 Å². The Hall–Kier alpha value is -1.72. The lowest BCUT2D eigenvalue weighted by molar-refractivity contribution is 0.0773. The highest BCUT2D eigenvalue weighted by atomic mass is 32.2. The van der Waals surface area contributed by atoms with Gasteiger partial charge >= 0.3 is 0 Å². The molecular weight excluding hydrogens is 422 g/mol. The highest BCUT2D eigenvalue weighted by Crippen LogP contribution is 2.35. The quantitative estimate of drug-likeness (QED) is 0.493. The molecule has 8 nitrogen and oxygen atoms in total. The van der Waals surface area contributed by atoms with Crippen molar-refractivity contribution in [2.45, 2.75) is 69.1 Å². The number of pyridine rings is 1. The van der Waals surface area contributed by atoms with Crippen molar-refractivity contribution >= 4 is 28.2 Å². The van der Waals surface area contributed by atoms with Gasteiger partial charge in [0.15, 0.2) is 5.75 Å². The first kappa shape index (κ1) is 21.5. The van der Waals surface area contributed by atoms with E-state index >= 15 is 0 Å². The Morgan fingerprint density at radius 3 is 2.70 bits per heavy atom. The van der Waals surface area contributed by atoms with Crippen LogP contribution in [0.15, 0.2) is 17.2 Å². The number of nitrogens with zero attached hydrogens (tertiary/aromatic N) is 4. The van der Waals surface area contributed by atoms with Crippen molar-refractivity contribution in [1.82, 2.24) is 24.3 Å². The Morgan fingerprint density at radius 1 is 1.30 bits per heavy atom. The van der Waals surface area contributed by atoms with E-state index in [0.29, 0.717) is 16.8 Å². The zero-order valence-corrected chi connectivity index (χ0v) is 19.2. The van der Waals surface area contributed by atoms with Gasteiger partial charge in [-0.1, -0.05) is 11.3 Å². The maximum Gasteiger partial charge on any atom is 0.213 e. The van der Waals surface area contributed by atoms with Gasteiger partial charge in [0, 0.05) is 6.04 Å². The van der Waals surface area contributed by atoms with Crippen LogP contribution in [0.25, 0.3) is 16.3 Å². The van der Waals surface area contributed by atoms with Gasteiger partial charge in [0.05, 0.1) is 35.7 Å². The predicted octanol–water partition coefficient (Wildman–Crippen LogP) is 3.30. The second kappa shape index (κ2) is 8.43. The summed E-state index contributed by atoms with van der Waals surface area (Å²) in [5, 5.41) is 25.2. The van der Waals surface area contributed by atoms with Gasteiger partial charge in [0.1, 0.15) is 16.3 Å². The fraction of sp³-hybridized carbons (Fsp3) is 0.550. The van der Waals surface area contributed by atoms with Crippen LogP contribution in [-0.4, -0.2) is 49.1 Å². The third kappa shape index (κ3) is 4.33. The maximum absolute atomic E-state index is 10.3. The highest BCUT2D eigenvalue weighted by Gasteiger charge is 2.25. The van der Waals surface area contributed by atoms with Gasteiger partial charge in [-0.2, -0.15) is 5.10 Å². The van der Waals surface area contributed by atoms with Crippen LogP contribution in [0.2, 0.25) is 0 Å². The van der Waals surface area contributed by atoms with Crippen molar-refractivity contribution in [1.29, 1.82) is 0 Å². The molecule has 3 aromatic heterocycles. The number of aromatic nitrogens is 4. The van der Waals surface area contributed by atoms with Crippen LogP contribution in [0.3, 0.4) is 0 Å². The largest absolute Gasteiger partial charge is 0.494 e. The van der Waals surface area contributed by atoms with E-state index in [1.807, 2.05) is 13.0 Å². The minimum Gasteiger partial charge on any atom is -0.494 e. The molecule has 0 bridgehead atoms. The molecule has 162 valence electrons. The van der Waals surface area contributed by atoms with Crippen molar-refractivity contribution < 1.29 is 14.9 Å². The lowest BCUT2D eigenvalue weighted by atomic mass is 9.94. The Morgan fingerprint density at radius 2 is 2.03 bits per heavy atom. The third-order valence-electron chi connectivity index (χ3n) is 5.23. The summed E-state index contributed by atoms with van der Waals surface area (Å²) in [6, 6.07) is 2.34. The van der Waals surface area contributed by atoms with Crippen LogP contribution in [-0.2, 0) is 5.60 Å². The third-order valence-corrected chi connectivity index (χ3v) is 7.44. The first-order valence-corrected chi connectivity index (χ1v) is 11.6. The molecule has 3 heterocycles. The molecule has 1 aliphatic carbocycles. The maximum atomic E-state index is 10.3. The fourth-order valence-electron chi connectivity index (χ4n) is 3.52. The summed E-state index contributed by atoms with van der Waals surface area (Å²) < 4.78 is 10.8. The second-order valence-electron chi connectivity index (χ2n) is 8.15. The van der Waals surface area contributed by atoms with Crippen LogP contribution in [0.5, 0.6) is 5.75 Å². The Labute approximate surface area is 183 Å². The average Bonchev–Trinajstić information content (AvgIpc) is 3.24. The molecule has 0 spiro atoms. The molecule has 1 saturated carbocycles. The summed E-state index contributed by atoms with van der Waals surface area (Å²) in [6.45, 7) is 5.37. The normalized spacial score (nSPS) is 20.1.